The van der Waals surface area contributed by atoms with Crippen molar-refractivity contribution in [3.05, 3.63) is 64.1 Å². The third kappa shape index (κ3) is 3.22. The van der Waals surface area contributed by atoms with Gasteiger partial charge in [-0.25, -0.2) is 0 Å². The molecule has 0 aliphatic heterocycles. The minimum absolute atomic E-state index is 0.170. The van der Waals surface area contributed by atoms with Gasteiger partial charge in [-0.3, -0.25) is 9.59 Å². The van der Waals surface area contributed by atoms with E-state index in [1.165, 1.54) is 6.07 Å². The average Bonchev–Trinajstić information content (AvgIpc) is 2.39. The van der Waals surface area contributed by atoms with E-state index in [1.807, 2.05) is 19.1 Å². The second-order valence-electron chi connectivity index (χ2n) is 4.29. The summed E-state index contributed by atoms with van der Waals surface area (Å²) in [6.07, 6.45) is 0. The molecule has 2 rings (SSSR count). The normalized spacial score (nSPS) is 11.8. The van der Waals surface area contributed by atoms with Crippen molar-refractivity contribution in [3.8, 4) is 0 Å². The van der Waals surface area contributed by atoms with Crippen LogP contribution in [0.3, 0.4) is 0 Å². The maximum Gasteiger partial charge on any atom is 0.268 e. The van der Waals surface area contributed by atoms with Crippen LogP contribution in [0.25, 0.3) is 0 Å². The number of carbonyl (C=O) groups excluding carboxylic acids is 1. The predicted octanol–water partition coefficient (Wildman–Crippen LogP) is 1.45. The van der Waals surface area contributed by atoms with Gasteiger partial charge in [0, 0.05) is 11.8 Å². The largest absolute Gasteiger partial charge is 0.399 e. The number of pyridine rings is 1. The van der Waals surface area contributed by atoms with Gasteiger partial charge in [-0.15, -0.1) is 0 Å². The van der Waals surface area contributed by atoms with Gasteiger partial charge in [0.25, 0.3) is 5.91 Å². The van der Waals surface area contributed by atoms with Crippen LogP contribution in [-0.2, 0) is 0 Å². The highest BCUT2D eigenvalue weighted by Gasteiger charge is 2.11. The van der Waals surface area contributed by atoms with E-state index in [1.54, 1.807) is 24.3 Å². The Labute approximate surface area is 110 Å². The van der Waals surface area contributed by atoms with Crippen molar-refractivity contribution in [1.82, 2.24) is 10.3 Å². The SMILES string of the molecule is CC(NC(=O)c1cccc(=O)[nH]1)c1ccc(N)cc1. The van der Waals surface area contributed by atoms with Crippen LogP contribution in [0.15, 0.2) is 47.3 Å². The zero-order valence-electron chi connectivity index (χ0n) is 10.5. The fourth-order valence-electron chi connectivity index (χ4n) is 1.72. The summed E-state index contributed by atoms with van der Waals surface area (Å²) in [6.45, 7) is 1.87. The molecule has 19 heavy (non-hydrogen) atoms. The van der Waals surface area contributed by atoms with Crippen molar-refractivity contribution in [3.63, 3.8) is 0 Å². The lowest BCUT2D eigenvalue weighted by molar-refractivity contribution is 0.0934. The first-order valence-corrected chi connectivity index (χ1v) is 5.92. The number of nitrogen functional groups attached to an aromatic ring is 1. The molecule has 0 radical (unpaired) electrons. The molecular formula is C14H15N3O2. The molecule has 98 valence electrons. The minimum atomic E-state index is -0.318. The smallest absolute Gasteiger partial charge is 0.268 e. The molecule has 0 bridgehead atoms. The lowest BCUT2D eigenvalue weighted by Crippen LogP contribution is -2.28. The first kappa shape index (κ1) is 12.9. The third-order valence-corrected chi connectivity index (χ3v) is 2.80. The summed E-state index contributed by atoms with van der Waals surface area (Å²) in [4.78, 5) is 25.6. The fraction of sp³-hybridized carbons (Fsp3) is 0.143. The van der Waals surface area contributed by atoms with Gasteiger partial charge in [-0.2, -0.15) is 0 Å². The zero-order chi connectivity index (χ0) is 13.8. The van der Waals surface area contributed by atoms with Crippen molar-refractivity contribution in [2.45, 2.75) is 13.0 Å². The minimum Gasteiger partial charge on any atom is -0.399 e. The number of benzene rings is 1. The molecule has 0 saturated heterocycles. The molecule has 0 fully saturated rings. The standard InChI is InChI=1S/C14H15N3O2/c1-9(10-5-7-11(15)8-6-10)16-14(19)12-3-2-4-13(18)17-12/h2-9H,15H2,1H3,(H,16,19)(H,17,18). The van der Waals surface area contributed by atoms with Gasteiger partial charge in [0.15, 0.2) is 0 Å². The lowest BCUT2D eigenvalue weighted by Gasteiger charge is -2.14. The monoisotopic (exact) mass is 257 g/mol. The molecule has 2 aromatic rings. The number of anilines is 1. The molecule has 4 N–H and O–H groups in total. The maximum absolute atomic E-state index is 11.9. The Morgan fingerprint density at radius 2 is 1.89 bits per heavy atom. The van der Waals surface area contributed by atoms with Gasteiger partial charge in [-0.1, -0.05) is 18.2 Å². The van der Waals surface area contributed by atoms with Crippen LogP contribution in [0, 0.1) is 0 Å². The summed E-state index contributed by atoms with van der Waals surface area (Å²) in [6, 6.07) is 11.6. The Kier molecular flexibility index (Phi) is 3.66. The molecule has 1 unspecified atom stereocenters. The van der Waals surface area contributed by atoms with Gasteiger partial charge >= 0.3 is 0 Å². The Morgan fingerprint density at radius 1 is 1.21 bits per heavy atom. The molecular weight excluding hydrogens is 242 g/mol. The van der Waals surface area contributed by atoms with Gasteiger partial charge in [0.1, 0.15) is 5.69 Å². The molecule has 0 aliphatic carbocycles. The maximum atomic E-state index is 11.9. The van der Waals surface area contributed by atoms with Crippen molar-refractivity contribution >= 4 is 11.6 Å². The van der Waals surface area contributed by atoms with Crippen molar-refractivity contribution in [2.75, 3.05) is 5.73 Å². The number of hydrogen-bond donors (Lipinski definition) is 3. The topological polar surface area (TPSA) is 88.0 Å². The predicted molar refractivity (Wildman–Crippen MR) is 73.8 cm³/mol. The average molecular weight is 257 g/mol. The summed E-state index contributed by atoms with van der Waals surface area (Å²) >= 11 is 0. The first-order chi connectivity index (χ1) is 9.06. The van der Waals surface area contributed by atoms with E-state index in [-0.39, 0.29) is 23.2 Å². The van der Waals surface area contributed by atoms with Crippen LogP contribution in [0.2, 0.25) is 0 Å². The highest BCUT2D eigenvalue weighted by atomic mass is 16.2. The van der Waals surface area contributed by atoms with Crippen LogP contribution < -0.4 is 16.6 Å². The van der Waals surface area contributed by atoms with Gasteiger partial charge in [0.2, 0.25) is 5.56 Å². The summed E-state index contributed by atoms with van der Waals surface area (Å²) in [5.41, 5.74) is 7.18. The van der Waals surface area contributed by atoms with Crippen LogP contribution in [0.4, 0.5) is 5.69 Å². The Balaban J connectivity index is 2.10. The second-order valence-corrected chi connectivity index (χ2v) is 4.29. The van der Waals surface area contributed by atoms with E-state index in [0.29, 0.717) is 5.69 Å². The Hall–Kier alpha value is -2.56. The molecule has 1 amide bonds. The van der Waals surface area contributed by atoms with E-state index in [4.69, 9.17) is 5.73 Å². The number of nitrogens with one attached hydrogen (secondary N) is 2. The summed E-state index contributed by atoms with van der Waals surface area (Å²) in [5.74, 6) is -0.318. The van der Waals surface area contributed by atoms with Crippen molar-refractivity contribution in [1.29, 1.82) is 0 Å². The van der Waals surface area contributed by atoms with Crippen LogP contribution in [0.5, 0.6) is 0 Å². The number of carbonyl (C=O) groups is 1. The zero-order valence-corrected chi connectivity index (χ0v) is 10.5. The van der Waals surface area contributed by atoms with Crippen LogP contribution in [0.1, 0.15) is 29.0 Å². The molecule has 0 spiro atoms. The van der Waals surface area contributed by atoms with E-state index >= 15 is 0 Å². The lowest BCUT2D eigenvalue weighted by atomic mass is 10.1. The summed E-state index contributed by atoms with van der Waals surface area (Å²) in [5, 5.41) is 2.81. The molecule has 0 saturated carbocycles. The Morgan fingerprint density at radius 3 is 2.53 bits per heavy atom. The molecule has 1 aromatic carbocycles. The van der Waals surface area contributed by atoms with Crippen molar-refractivity contribution in [2.24, 2.45) is 0 Å². The molecule has 5 nitrogen and oxygen atoms in total. The summed E-state index contributed by atoms with van der Waals surface area (Å²) < 4.78 is 0. The number of hydrogen-bond acceptors (Lipinski definition) is 3. The van der Waals surface area contributed by atoms with E-state index in [0.717, 1.165) is 5.56 Å². The number of H-pyrrole nitrogens is 1. The van der Waals surface area contributed by atoms with Crippen LogP contribution in [-0.4, -0.2) is 10.9 Å². The number of aromatic nitrogens is 1. The third-order valence-electron chi connectivity index (χ3n) is 2.80. The van der Waals surface area contributed by atoms with Crippen molar-refractivity contribution < 1.29 is 4.79 Å². The second kappa shape index (κ2) is 5.39. The molecule has 1 atom stereocenters. The number of aromatic amines is 1. The van der Waals surface area contributed by atoms with Gasteiger partial charge in [0.05, 0.1) is 6.04 Å². The number of rotatable bonds is 3. The van der Waals surface area contributed by atoms with Crippen LogP contribution >= 0.6 is 0 Å². The number of nitrogens with two attached hydrogens (primary N) is 1. The molecule has 1 aromatic heterocycles. The quantitative estimate of drug-likeness (QED) is 0.727. The molecule has 0 aliphatic rings. The Bertz CT molecular complexity index is 632. The van der Waals surface area contributed by atoms with E-state index in [9.17, 15) is 9.59 Å². The highest BCUT2D eigenvalue weighted by Crippen LogP contribution is 2.14. The fourth-order valence-corrected chi connectivity index (χ4v) is 1.72. The van der Waals surface area contributed by atoms with E-state index < -0.39 is 0 Å². The van der Waals surface area contributed by atoms with Gasteiger partial charge < -0.3 is 16.0 Å². The number of amides is 1. The summed E-state index contributed by atoms with van der Waals surface area (Å²) in [7, 11) is 0. The molecule has 1 heterocycles. The van der Waals surface area contributed by atoms with E-state index in [2.05, 4.69) is 10.3 Å². The van der Waals surface area contributed by atoms with Gasteiger partial charge in [-0.05, 0) is 30.7 Å². The molecule has 5 heteroatoms. The first-order valence-electron chi connectivity index (χ1n) is 5.92. The highest BCUT2D eigenvalue weighted by molar-refractivity contribution is 5.92.